The molecule has 0 radical (unpaired) electrons. The quantitative estimate of drug-likeness (QED) is 0.639. The van der Waals surface area contributed by atoms with Gasteiger partial charge in [0, 0.05) is 19.2 Å². The van der Waals surface area contributed by atoms with E-state index in [2.05, 4.69) is 38.2 Å². The molecule has 1 atom stereocenters. The second-order valence-corrected chi connectivity index (χ2v) is 5.99. The number of rotatable bonds is 10. The van der Waals surface area contributed by atoms with Crippen LogP contribution in [0.4, 0.5) is 0 Å². The largest absolute Gasteiger partial charge is 0.372 e. The molecule has 0 saturated heterocycles. The summed E-state index contributed by atoms with van der Waals surface area (Å²) in [5.74, 6) is 0.403. The second kappa shape index (κ2) is 12.3. The van der Waals surface area contributed by atoms with Gasteiger partial charge in [-0.1, -0.05) is 57.9 Å². The highest BCUT2D eigenvalue weighted by Gasteiger charge is 2.09. The Hall–Kier alpha value is -1.10. The second-order valence-electron chi connectivity index (χ2n) is 5.99. The van der Waals surface area contributed by atoms with Gasteiger partial charge in [-0.3, -0.25) is 4.79 Å². The van der Waals surface area contributed by atoms with Crippen molar-refractivity contribution >= 4 is 18.3 Å². The van der Waals surface area contributed by atoms with Crippen molar-refractivity contribution in [3.05, 3.63) is 35.4 Å². The molecular formula is C18H31ClN2O2. The van der Waals surface area contributed by atoms with Gasteiger partial charge < -0.3 is 15.8 Å². The molecule has 0 bridgehead atoms. The van der Waals surface area contributed by atoms with Gasteiger partial charge >= 0.3 is 0 Å². The Kier molecular flexibility index (Phi) is 11.7. The lowest BCUT2D eigenvalue weighted by Gasteiger charge is -2.14. The molecule has 1 rings (SSSR count). The highest BCUT2D eigenvalue weighted by atomic mass is 35.5. The van der Waals surface area contributed by atoms with Crippen LogP contribution in [0.2, 0.25) is 0 Å². The van der Waals surface area contributed by atoms with E-state index >= 15 is 0 Å². The smallest absolute Gasteiger partial charge is 0.246 e. The minimum atomic E-state index is -0.190. The van der Waals surface area contributed by atoms with Gasteiger partial charge in [0.2, 0.25) is 5.91 Å². The fraction of sp³-hybridized carbons (Fsp3) is 0.611. The molecule has 0 aliphatic carbocycles. The van der Waals surface area contributed by atoms with Gasteiger partial charge in [-0.05, 0) is 23.5 Å². The molecule has 23 heavy (non-hydrogen) atoms. The molecule has 3 N–H and O–H groups in total. The van der Waals surface area contributed by atoms with Crippen LogP contribution in [-0.2, 0) is 9.53 Å². The Bertz CT molecular complexity index is 435. The lowest BCUT2D eigenvalue weighted by atomic mass is 9.99. The molecule has 0 aromatic heterocycles. The molecule has 1 unspecified atom stereocenters. The van der Waals surface area contributed by atoms with Crippen molar-refractivity contribution in [3.8, 4) is 0 Å². The summed E-state index contributed by atoms with van der Waals surface area (Å²) in [7, 11) is 0. The Balaban J connectivity index is 0.00000484. The Morgan fingerprint density at radius 3 is 2.35 bits per heavy atom. The van der Waals surface area contributed by atoms with Crippen molar-refractivity contribution in [1.82, 2.24) is 5.32 Å². The van der Waals surface area contributed by atoms with Crippen LogP contribution >= 0.6 is 12.4 Å². The third-order valence-corrected chi connectivity index (χ3v) is 3.68. The van der Waals surface area contributed by atoms with E-state index in [1.54, 1.807) is 0 Å². The summed E-state index contributed by atoms with van der Waals surface area (Å²) < 4.78 is 5.32. The molecule has 0 saturated carbocycles. The number of ether oxygens (including phenoxy) is 1. The highest BCUT2D eigenvalue weighted by molar-refractivity contribution is 5.85. The van der Waals surface area contributed by atoms with Gasteiger partial charge in [-0.15, -0.1) is 12.4 Å². The van der Waals surface area contributed by atoms with E-state index in [4.69, 9.17) is 10.5 Å². The maximum atomic E-state index is 11.7. The van der Waals surface area contributed by atoms with Gasteiger partial charge in [-0.25, -0.2) is 0 Å². The van der Waals surface area contributed by atoms with Crippen molar-refractivity contribution in [2.24, 2.45) is 5.73 Å². The van der Waals surface area contributed by atoms with Gasteiger partial charge in [0.25, 0.3) is 0 Å². The number of amides is 1. The van der Waals surface area contributed by atoms with Gasteiger partial charge in [0.1, 0.15) is 6.61 Å². The number of benzene rings is 1. The summed E-state index contributed by atoms with van der Waals surface area (Å²) in [6.07, 6.45) is 3.30. The van der Waals surface area contributed by atoms with Crippen LogP contribution < -0.4 is 11.1 Å². The van der Waals surface area contributed by atoms with Crippen LogP contribution in [0.3, 0.4) is 0 Å². The summed E-state index contributed by atoms with van der Waals surface area (Å²) in [6, 6.07) is 8.07. The summed E-state index contributed by atoms with van der Waals surface area (Å²) in [6.45, 7) is 7.65. The number of hydrogen-bond acceptors (Lipinski definition) is 3. The zero-order valence-corrected chi connectivity index (χ0v) is 15.3. The zero-order chi connectivity index (χ0) is 16.4. The molecule has 0 aliphatic rings. The monoisotopic (exact) mass is 342 g/mol. The first kappa shape index (κ1) is 21.9. The zero-order valence-electron chi connectivity index (χ0n) is 14.5. The summed E-state index contributed by atoms with van der Waals surface area (Å²) >= 11 is 0. The number of halogens is 1. The first-order valence-corrected chi connectivity index (χ1v) is 8.24. The predicted octanol–water partition coefficient (Wildman–Crippen LogP) is 3.55. The third-order valence-electron chi connectivity index (χ3n) is 3.68. The average Bonchev–Trinajstić information content (AvgIpc) is 2.52. The Labute approximate surface area is 146 Å². The normalized spacial score (nSPS) is 11.9. The molecule has 1 amide bonds. The lowest BCUT2D eigenvalue weighted by Crippen LogP contribution is -2.34. The maximum Gasteiger partial charge on any atom is 0.246 e. The Morgan fingerprint density at radius 2 is 1.78 bits per heavy atom. The predicted molar refractivity (Wildman–Crippen MR) is 98.1 cm³/mol. The van der Waals surface area contributed by atoms with Gasteiger partial charge in [0.15, 0.2) is 0 Å². The molecule has 0 heterocycles. The van der Waals surface area contributed by atoms with E-state index in [0.29, 0.717) is 19.1 Å². The van der Waals surface area contributed by atoms with Crippen molar-refractivity contribution in [2.75, 3.05) is 19.8 Å². The number of nitrogens with one attached hydrogen (secondary N) is 1. The number of unbranched alkanes of at least 4 members (excludes halogenated alkanes) is 2. The molecule has 0 spiro atoms. The average molecular weight is 343 g/mol. The van der Waals surface area contributed by atoms with E-state index in [1.165, 1.54) is 5.56 Å². The first-order valence-electron chi connectivity index (χ1n) is 8.24. The standard InChI is InChI=1S/C18H30N2O2.ClH/c1-4-5-6-11-22-13-18(21)20-12-17(19)16-9-7-15(8-10-16)14(2)3;/h7-10,14,17H,4-6,11-13,19H2,1-3H3,(H,20,21);1H. The third kappa shape index (κ3) is 8.94. The molecule has 4 nitrogen and oxygen atoms in total. The van der Waals surface area contributed by atoms with Gasteiger partial charge in [-0.2, -0.15) is 0 Å². The number of carbonyl (C=O) groups is 1. The molecule has 0 aliphatic heterocycles. The molecule has 5 heteroatoms. The number of hydrogen-bond donors (Lipinski definition) is 2. The van der Waals surface area contributed by atoms with Crippen molar-refractivity contribution in [3.63, 3.8) is 0 Å². The van der Waals surface area contributed by atoms with Crippen LogP contribution in [0.25, 0.3) is 0 Å². The summed E-state index contributed by atoms with van der Waals surface area (Å²) in [5, 5.41) is 2.82. The molecule has 0 fully saturated rings. The van der Waals surface area contributed by atoms with Crippen molar-refractivity contribution in [1.29, 1.82) is 0 Å². The van der Waals surface area contributed by atoms with Crippen LogP contribution in [0.5, 0.6) is 0 Å². The summed E-state index contributed by atoms with van der Waals surface area (Å²) in [5.41, 5.74) is 8.44. The van der Waals surface area contributed by atoms with E-state index in [0.717, 1.165) is 24.8 Å². The first-order chi connectivity index (χ1) is 10.5. The van der Waals surface area contributed by atoms with E-state index in [9.17, 15) is 4.79 Å². The topological polar surface area (TPSA) is 64.3 Å². The van der Waals surface area contributed by atoms with Crippen LogP contribution in [0, 0.1) is 0 Å². The van der Waals surface area contributed by atoms with Crippen molar-refractivity contribution < 1.29 is 9.53 Å². The number of nitrogens with two attached hydrogens (primary N) is 1. The fourth-order valence-corrected chi connectivity index (χ4v) is 2.14. The van der Waals surface area contributed by atoms with E-state index in [1.807, 2.05) is 12.1 Å². The lowest BCUT2D eigenvalue weighted by molar-refractivity contribution is -0.125. The van der Waals surface area contributed by atoms with Crippen LogP contribution in [-0.4, -0.2) is 25.7 Å². The minimum Gasteiger partial charge on any atom is -0.372 e. The van der Waals surface area contributed by atoms with E-state index in [-0.39, 0.29) is 31.0 Å². The molecule has 1 aromatic rings. The minimum absolute atomic E-state index is 0. The molecular weight excluding hydrogens is 312 g/mol. The number of carbonyl (C=O) groups excluding carboxylic acids is 1. The van der Waals surface area contributed by atoms with Crippen molar-refractivity contribution in [2.45, 2.75) is 52.0 Å². The van der Waals surface area contributed by atoms with Crippen LogP contribution in [0.15, 0.2) is 24.3 Å². The molecule has 1 aromatic carbocycles. The Morgan fingerprint density at radius 1 is 1.17 bits per heavy atom. The SMILES string of the molecule is CCCCCOCC(=O)NCC(N)c1ccc(C(C)C)cc1.Cl. The highest BCUT2D eigenvalue weighted by Crippen LogP contribution is 2.17. The maximum absolute atomic E-state index is 11.7. The fourth-order valence-electron chi connectivity index (χ4n) is 2.14. The van der Waals surface area contributed by atoms with E-state index < -0.39 is 0 Å². The van der Waals surface area contributed by atoms with Gasteiger partial charge in [0.05, 0.1) is 0 Å². The summed E-state index contributed by atoms with van der Waals surface area (Å²) in [4.78, 5) is 11.7. The molecule has 132 valence electrons. The van der Waals surface area contributed by atoms with Crippen LogP contribution in [0.1, 0.15) is 63.1 Å².